The van der Waals surface area contributed by atoms with Crippen LogP contribution in [0.2, 0.25) is 0 Å². The third-order valence-corrected chi connectivity index (χ3v) is 2.32. The molecular weight excluding hydrogens is 192 g/mol. The highest BCUT2D eigenvalue weighted by Gasteiger charge is 2.11. The molecule has 0 amide bonds. The predicted octanol–water partition coefficient (Wildman–Crippen LogP) is 1.55. The monoisotopic (exact) mass is 210 g/mol. The van der Waals surface area contributed by atoms with E-state index in [1.54, 1.807) is 7.11 Å². The Labute approximate surface area is 90.3 Å². The summed E-state index contributed by atoms with van der Waals surface area (Å²) >= 11 is 0. The summed E-state index contributed by atoms with van der Waals surface area (Å²) < 4.78 is 4.94. The van der Waals surface area contributed by atoms with E-state index in [0.717, 1.165) is 23.4 Å². The maximum atomic E-state index is 9.93. The third-order valence-electron chi connectivity index (χ3n) is 2.32. The number of hydrogen-bond acceptors (Lipinski definition) is 4. The first-order valence-corrected chi connectivity index (χ1v) is 5.13. The van der Waals surface area contributed by atoms with E-state index in [0.29, 0.717) is 13.0 Å². The second-order valence-corrected chi connectivity index (χ2v) is 3.68. The summed E-state index contributed by atoms with van der Waals surface area (Å²) in [6.45, 7) is 4.41. The minimum absolute atomic E-state index is 0.464. The molecule has 0 aliphatic heterocycles. The zero-order valence-corrected chi connectivity index (χ0v) is 9.53. The topological polar surface area (TPSA) is 55.2 Å². The molecular formula is C11H18N2O2. The number of ether oxygens (including phenoxy) is 1. The first kappa shape index (κ1) is 12.1. The molecule has 15 heavy (non-hydrogen) atoms. The van der Waals surface area contributed by atoms with Crippen LogP contribution < -0.4 is 0 Å². The van der Waals surface area contributed by atoms with Gasteiger partial charge in [0, 0.05) is 19.3 Å². The van der Waals surface area contributed by atoms with Gasteiger partial charge in [0.1, 0.15) is 0 Å². The second-order valence-electron chi connectivity index (χ2n) is 3.68. The smallest absolute Gasteiger partial charge is 0.0809 e. The highest BCUT2D eigenvalue weighted by atomic mass is 16.5. The number of aromatic nitrogens is 2. The van der Waals surface area contributed by atoms with Crippen molar-refractivity contribution in [3.8, 4) is 0 Å². The van der Waals surface area contributed by atoms with Gasteiger partial charge in [-0.25, -0.2) is 0 Å². The molecule has 4 nitrogen and oxygen atoms in total. The summed E-state index contributed by atoms with van der Waals surface area (Å²) in [4.78, 5) is 0. The Morgan fingerprint density at radius 2 is 2.13 bits per heavy atom. The fourth-order valence-corrected chi connectivity index (χ4v) is 1.48. The molecule has 0 fully saturated rings. The quantitative estimate of drug-likeness (QED) is 0.749. The number of aryl methyl sites for hydroxylation is 2. The first-order valence-electron chi connectivity index (χ1n) is 5.13. The van der Waals surface area contributed by atoms with Crippen molar-refractivity contribution in [1.29, 1.82) is 0 Å². The fraction of sp³-hybridized carbons (Fsp3) is 0.636. The standard InChI is InChI=1S/C11H18N2O2/c1-8-7-10(9(2)13-12-8)11(14)5-4-6-15-3/h7,11,14H,4-6H2,1-3H3. The Bertz CT molecular complexity index is 315. The van der Waals surface area contributed by atoms with Crippen molar-refractivity contribution in [2.75, 3.05) is 13.7 Å². The molecule has 0 saturated carbocycles. The van der Waals surface area contributed by atoms with Crippen LogP contribution in [0.1, 0.15) is 35.9 Å². The van der Waals surface area contributed by atoms with Gasteiger partial charge in [0.15, 0.2) is 0 Å². The lowest BCUT2D eigenvalue weighted by Gasteiger charge is -2.12. The molecule has 1 unspecified atom stereocenters. The van der Waals surface area contributed by atoms with E-state index in [1.165, 1.54) is 0 Å². The lowest BCUT2D eigenvalue weighted by molar-refractivity contribution is 0.135. The zero-order valence-electron chi connectivity index (χ0n) is 9.53. The van der Waals surface area contributed by atoms with E-state index < -0.39 is 6.10 Å². The maximum absolute atomic E-state index is 9.93. The van der Waals surface area contributed by atoms with Crippen molar-refractivity contribution in [3.05, 3.63) is 23.0 Å². The van der Waals surface area contributed by atoms with Gasteiger partial charge < -0.3 is 9.84 Å². The first-order chi connectivity index (χ1) is 7.15. The summed E-state index contributed by atoms with van der Waals surface area (Å²) in [7, 11) is 1.66. The van der Waals surface area contributed by atoms with Crippen LogP contribution in [-0.4, -0.2) is 29.0 Å². The average Bonchev–Trinajstić information content (AvgIpc) is 2.22. The molecule has 0 saturated heterocycles. The van der Waals surface area contributed by atoms with Crippen LogP contribution in [0, 0.1) is 13.8 Å². The van der Waals surface area contributed by atoms with Crippen LogP contribution in [0.25, 0.3) is 0 Å². The average molecular weight is 210 g/mol. The normalized spacial score (nSPS) is 12.8. The summed E-state index contributed by atoms with van der Waals surface area (Å²) in [5.74, 6) is 0. The van der Waals surface area contributed by atoms with Crippen LogP contribution >= 0.6 is 0 Å². The molecule has 0 aliphatic rings. The lowest BCUT2D eigenvalue weighted by Crippen LogP contribution is -2.05. The van der Waals surface area contributed by atoms with Crippen molar-refractivity contribution in [3.63, 3.8) is 0 Å². The SMILES string of the molecule is COCCCC(O)c1cc(C)nnc1C. The number of rotatable bonds is 5. The molecule has 84 valence electrons. The largest absolute Gasteiger partial charge is 0.388 e. The van der Waals surface area contributed by atoms with Gasteiger partial charge in [-0.15, -0.1) is 0 Å². The molecule has 1 heterocycles. The van der Waals surface area contributed by atoms with E-state index in [2.05, 4.69) is 10.2 Å². The van der Waals surface area contributed by atoms with Crippen LogP contribution in [-0.2, 0) is 4.74 Å². The Hall–Kier alpha value is -1.00. The van der Waals surface area contributed by atoms with Crippen LogP contribution in [0.3, 0.4) is 0 Å². The van der Waals surface area contributed by atoms with Crippen molar-refractivity contribution in [2.45, 2.75) is 32.8 Å². The van der Waals surface area contributed by atoms with Crippen LogP contribution in [0.5, 0.6) is 0 Å². The van der Waals surface area contributed by atoms with E-state index in [-0.39, 0.29) is 0 Å². The number of methoxy groups -OCH3 is 1. The van der Waals surface area contributed by atoms with Gasteiger partial charge >= 0.3 is 0 Å². The van der Waals surface area contributed by atoms with E-state index in [4.69, 9.17) is 4.74 Å². The van der Waals surface area contributed by atoms with Gasteiger partial charge in [-0.2, -0.15) is 10.2 Å². The van der Waals surface area contributed by atoms with Gasteiger partial charge in [0.2, 0.25) is 0 Å². The summed E-state index contributed by atoms with van der Waals surface area (Å²) in [5, 5.41) is 17.8. The van der Waals surface area contributed by atoms with Gasteiger partial charge in [-0.1, -0.05) is 0 Å². The molecule has 0 spiro atoms. The highest BCUT2D eigenvalue weighted by Crippen LogP contribution is 2.20. The van der Waals surface area contributed by atoms with Crippen molar-refractivity contribution < 1.29 is 9.84 Å². The Kier molecular flexibility index (Phi) is 4.65. The molecule has 1 N–H and O–H groups in total. The fourth-order valence-electron chi connectivity index (χ4n) is 1.48. The summed E-state index contributed by atoms with van der Waals surface area (Å²) in [5.41, 5.74) is 2.51. The molecule has 1 aromatic heterocycles. The summed E-state index contributed by atoms with van der Waals surface area (Å²) in [6.07, 6.45) is 1.08. The van der Waals surface area contributed by atoms with Crippen molar-refractivity contribution in [1.82, 2.24) is 10.2 Å². The van der Waals surface area contributed by atoms with Crippen molar-refractivity contribution >= 4 is 0 Å². The van der Waals surface area contributed by atoms with Gasteiger partial charge in [0.25, 0.3) is 0 Å². The lowest BCUT2D eigenvalue weighted by atomic mass is 10.0. The van der Waals surface area contributed by atoms with Crippen LogP contribution in [0.15, 0.2) is 6.07 Å². The minimum Gasteiger partial charge on any atom is -0.388 e. The van der Waals surface area contributed by atoms with Crippen molar-refractivity contribution in [2.24, 2.45) is 0 Å². The zero-order chi connectivity index (χ0) is 11.3. The van der Waals surface area contributed by atoms with Crippen LogP contribution in [0.4, 0.5) is 0 Å². The van der Waals surface area contributed by atoms with Gasteiger partial charge in [-0.05, 0) is 32.8 Å². The van der Waals surface area contributed by atoms with Gasteiger partial charge in [0.05, 0.1) is 17.5 Å². The predicted molar refractivity (Wildman–Crippen MR) is 57.6 cm³/mol. The molecule has 4 heteroatoms. The molecule has 1 atom stereocenters. The maximum Gasteiger partial charge on any atom is 0.0809 e. The number of nitrogens with zero attached hydrogens (tertiary/aromatic N) is 2. The molecule has 0 radical (unpaired) electrons. The molecule has 0 aliphatic carbocycles. The Balaban J connectivity index is 2.64. The minimum atomic E-state index is -0.464. The van der Waals surface area contributed by atoms with E-state index in [1.807, 2.05) is 19.9 Å². The highest BCUT2D eigenvalue weighted by molar-refractivity contribution is 5.22. The molecule has 1 rings (SSSR count). The Morgan fingerprint density at radius 3 is 2.80 bits per heavy atom. The molecule has 0 aromatic carbocycles. The molecule has 1 aromatic rings. The second kappa shape index (κ2) is 5.78. The molecule has 0 bridgehead atoms. The third kappa shape index (κ3) is 3.57. The van der Waals surface area contributed by atoms with E-state index in [9.17, 15) is 5.11 Å². The Morgan fingerprint density at radius 1 is 1.40 bits per heavy atom. The van der Waals surface area contributed by atoms with E-state index >= 15 is 0 Å². The number of aliphatic hydroxyl groups excluding tert-OH is 1. The van der Waals surface area contributed by atoms with Gasteiger partial charge in [-0.3, -0.25) is 0 Å². The number of hydrogen-bond donors (Lipinski definition) is 1. The number of aliphatic hydroxyl groups is 1. The summed E-state index contributed by atoms with van der Waals surface area (Å²) in [6, 6.07) is 1.89.